The summed E-state index contributed by atoms with van der Waals surface area (Å²) in [5.74, 6) is -0.297. The normalized spacial score (nSPS) is 11.7. The van der Waals surface area contributed by atoms with Gasteiger partial charge in [-0.1, -0.05) is 30.3 Å². The van der Waals surface area contributed by atoms with Gasteiger partial charge in [-0.15, -0.1) is 0 Å². The number of hydrogen-bond donors (Lipinski definition) is 2. The molecule has 1 aromatic carbocycles. The molecule has 0 aliphatic rings. The molecule has 19 heavy (non-hydrogen) atoms. The Bertz CT molecular complexity index is 420. The number of carbonyl (C=O) groups excluding carboxylic acids is 2. The molecule has 3 N–H and O–H groups in total. The molecule has 1 unspecified atom stereocenters. The van der Waals surface area contributed by atoms with E-state index in [9.17, 15) is 9.59 Å². The third kappa shape index (κ3) is 5.09. The molecular formula is C14H21N3O2. The summed E-state index contributed by atoms with van der Waals surface area (Å²) in [5, 5.41) is 2.65. The molecule has 0 heterocycles. The summed E-state index contributed by atoms with van der Waals surface area (Å²) in [4.78, 5) is 24.7. The third-order valence-electron chi connectivity index (χ3n) is 2.80. The van der Waals surface area contributed by atoms with E-state index in [2.05, 4.69) is 5.32 Å². The van der Waals surface area contributed by atoms with Gasteiger partial charge in [-0.25, -0.2) is 0 Å². The third-order valence-corrected chi connectivity index (χ3v) is 2.80. The predicted octanol–water partition coefficient (Wildman–Crippen LogP) is 0.671. The van der Waals surface area contributed by atoms with Gasteiger partial charge < -0.3 is 16.0 Å². The van der Waals surface area contributed by atoms with E-state index in [-0.39, 0.29) is 30.8 Å². The number of rotatable bonds is 6. The second-order valence-corrected chi connectivity index (χ2v) is 4.42. The van der Waals surface area contributed by atoms with Crippen LogP contribution in [-0.4, -0.2) is 36.9 Å². The van der Waals surface area contributed by atoms with E-state index in [1.54, 1.807) is 7.05 Å². The highest BCUT2D eigenvalue weighted by Crippen LogP contribution is 2.14. The Labute approximate surface area is 113 Å². The van der Waals surface area contributed by atoms with Gasteiger partial charge >= 0.3 is 0 Å². The largest absolute Gasteiger partial charge is 0.355 e. The summed E-state index contributed by atoms with van der Waals surface area (Å²) in [6, 6.07) is 9.11. The standard InChI is InChI=1S/C14H21N3O2/c1-3-16-13(18)10-17(2)14(19)9-12(15)11-7-5-4-6-8-11/h4-8,12H,3,9-10,15H2,1-2H3,(H,16,18). The smallest absolute Gasteiger partial charge is 0.239 e. The van der Waals surface area contributed by atoms with Gasteiger partial charge in [0.05, 0.1) is 6.54 Å². The maximum Gasteiger partial charge on any atom is 0.239 e. The van der Waals surface area contributed by atoms with E-state index in [0.717, 1.165) is 5.56 Å². The van der Waals surface area contributed by atoms with Crippen molar-refractivity contribution >= 4 is 11.8 Å². The number of nitrogens with two attached hydrogens (primary N) is 1. The maximum atomic E-state index is 11.9. The van der Waals surface area contributed by atoms with Crippen molar-refractivity contribution in [2.45, 2.75) is 19.4 Å². The summed E-state index contributed by atoms with van der Waals surface area (Å²) in [5.41, 5.74) is 6.89. The Morgan fingerprint density at radius 2 is 1.95 bits per heavy atom. The number of nitrogens with zero attached hydrogens (tertiary/aromatic N) is 1. The molecule has 104 valence electrons. The van der Waals surface area contributed by atoms with Gasteiger partial charge in [0.15, 0.2) is 0 Å². The zero-order chi connectivity index (χ0) is 14.3. The number of nitrogens with one attached hydrogen (secondary N) is 1. The van der Waals surface area contributed by atoms with E-state index in [1.807, 2.05) is 37.3 Å². The molecule has 1 atom stereocenters. The van der Waals surface area contributed by atoms with E-state index in [1.165, 1.54) is 4.90 Å². The molecule has 0 bridgehead atoms. The van der Waals surface area contributed by atoms with Crippen molar-refractivity contribution in [1.29, 1.82) is 0 Å². The fourth-order valence-electron chi connectivity index (χ4n) is 1.72. The summed E-state index contributed by atoms with van der Waals surface area (Å²) in [7, 11) is 1.61. The van der Waals surface area contributed by atoms with Crippen LogP contribution in [0.25, 0.3) is 0 Å². The molecule has 0 radical (unpaired) electrons. The summed E-state index contributed by atoms with van der Waals surface area (Å²) < 4.78 is 0. The highest BCUT2D eigenvalue weighted by Gasteiger charge is 2.16. The van der Waals surface area contributed by atoms with Crippen molar-refractivity contribution in [2.24, 2.45) is 5.73 Å². The molecule has 1 aromatic rings. The Hall–Kier alpha value is -1.88. The van der Waals surface area contributed by atoms with Crippen molar-refractivity contribution < 1.29 is 9.59 Å². The first-order chi connectivity index (χ1) is 9.04. The number of likely N-dealkylation sites (N-methyl/N-ethyl adjacent to an activating group) is 2. The first kappa shape index (κ1) is 15.2. The topological polar surface area (TPSA) is 75.4 Å². The lowest BCUT2D eigenvalue weighted by Gasteiger charge is -2.19. The van der Waals surface area contributed by atoms with E-state index in [4.69, 9.17) is 5.73 Å². The molecule has 5 nitrogen and oxygen atoms in total. The van der Waals surface area contributed by atoms with Crippen molar-refractivity contribution in [3.63, 3.8) is 0 Å². The maximum absolute atomic E-state index is 11.9. The molecule has 0 spiro atoms. The lowest BCUT2D eigenvalue weighted by Crippen LogP contribution is -2.39. The molecule has 0 fully saturated rings. The van der Waals surface area contributed by atoms with Crippen LogP contribution in [0, 0.1) is 0 Å². The Morgan fingerprint density at radius 1 is 1.32 bits per heavy atom. The van der Waals surface area contributed by atoms with Crippen molar-refractivity contribution in [3.05, 3.63) is 35.9 Å². The lowest BCUT2D eigenvalue weighted by molar-refractivity contribution is -0.135. The van der Waals surface area contributed by atoms with E-state index >= 15 is 0 Å². The molecule has 1 rings (SSSR count). The number of hydrogen-bond acceptors (Lipinski definition) is 3. The van der Waals surface area contributed by atoms with Crippen LogP contribution < -0.4 is 11.1 Å². The number of benzene rings is 1. The quantitative estimate of drug-likeness (QED) is 0.792. The van der Waals surface area contributed by atoms with Crippen LogP contribution in [0.3, 0.4) is 0 Å². The minimum absolute atomic E-state index is 0.0637. The van der Waals surface area contributed by atoms with Gasteiger partial charge in [0.1, 0.15) is 0 Å². The van der Waals surface area contributed by atoms with Crippen LogP contribution in [0.1, 0.15) is 24.9 Å². The fourth-order valence-corrected chi connectivity index (χ4v) is 1.72. The highest BCUT2D eigenvalue weighted by molar-refractivity contribution is 5.84. The van der Waals surface area contributed by atoms with Gasteiger partial charge in [0, 0.05) is 26.1 Å². The SMILES string of the molecule is CCNC(=O)CN(C)C(=O)CC(N)c1ccccc1. The Morgan fingerprint density at radius 3 is 2.53 bits per heavy atom. The van der Waals surface area contributed by atoms with Crippen LogP contribution in [0.4, 0.5) is 0 Å². The van der Waals surface area contributed by atoms with Crippen molar-refractivity contribution in [2.75, 3.05) is 20.1 Å². The Kier molecular flexibility index (Phi) is 6.02. The molecule has 0 saturated carbocycles. The Balaban J connectivity index is 2.48. The van der Waals surface area contributed by atoms with E-state index < -0.39 is 0 Å². The number of carbonyl (C=O) groups is 2. The summed E-state index contributed by atoms with van der Waals surface area (Å²) in [6.07, 6.45) is 0.194. The lowest BCUT2D eigenvalue weighted by atomic mass is 10.0. The molecular weight excluding hydrogens is 242 g/mol. The van der Waals surface area contributed by atoms with Crippen LogP contribution in [-0.2, 0) is 9.59 Å². The average molecular weight is 263 g/mol. The van der Waals surface area contributed by atoms with Crippen LogP contribution in [0.5, 0.6) is 0 Å². The van der Waals surface area contributed by atoms with Gasteiger partial charge in [0.2, 0.25) is 11.8 Å². The van der Waals surface area contributed by atoms with Crippen LogP contribution >= 0.6 is 0 Å². The van der Waals surface area contributed by atoms with Crippen molar-refractivity contribution in [1.82, 2.24) is 10.2 Å². The zero-order valence-electron chi connectivity index (χ0n) is 11.4. The van der Waals surface area contributed by atoms with Crippen LogP contribution in [0.2, 0.25) is 0 Å². The second-order valence-electron chi connectivity index (χ2n) is 4.42. The first-order valence-electron chi connectivity index (χ1n) is 6.35. The van der Waals surface area contributed by atoms with Crippen LogP contribution in [0.15, 0.2) is 30.3 Å². The number of amides is 2. The van der Waals surface area contributed by atoms with Gasteiger partial charge in [-0.3, -0.25) is 9.59 Å². The summed E-state index contributed by atoms with van der Waals surface area (Å²) in [6.45, 7) is 2.46. The fraction of sp³-hybridized carbons (Fsp3) is 0.429. The minimum atomic E-state index is -0.342. The average Bonchev–Trinajstić information content (AvgIpc) is 2.39. The molecule has 0 aliphatic heterocycles. The minimum Gasteiger partial charge on any atom is -0.355 e. The van der Waals surface area contributed by atoms with Gasteiger partial charge in [-0.2, -0.15) is 0 Å². The summed E-state index contributed by atoms with van der Waals surface area (Å²) >= 11 is 0. The zero-order valence-corrected chi connectivity index (χ0v) is 11.4. The highest BCUT2D eigenvalue weighted by atomic mass is 16.2. The molecule has 0 saturated heterocycles. The molecule has 5 heteroatoms. The second kappa shape index (κ2) is 7.53. The van der Waals surface area contributed by atoms with Gasteiger partial charge in [0.25, 0.3) is 0 Å². The van der Waals surface area contributed by atoms with Crippen molar-refractivity contribution in [3.8, 4) is 0 Å². The first-order valence-corrected chi connectivity index (χ1v) is 6.35. The van der Waals surface area contributed by atoms with E-state index in [0.29, 0.717) is 6.54 Å². The van der Waals surface area contributed by atoms with Gasteiger partial charge in [-0.05, 0) is 12.5 Å². The predicted molar refractivity (Wildman–Crippen MR) is 74.3 cm³/mol. The monoisotopic (exact) mass is 263 g/mol. The molecule has 2 amide bonds. The molecule has 0 aromatic heterocycles. The molecule has 0 aliphatic carbocycles.